The second kappa shape index (κ2) is 10.9. The summed E-state index contributed by atoms with van der Waals surface area (Å²) >= 11 is 0. The fraction of sp³-hybridized carbons (Fsp3) is 0.320. The number of likely N-dealkylation sites (N-methyl/N-ethyl adjacent to an activating group) is 1. The number of anilines is 2. The summed E-state index contributed by atoms with van der Waals surface area (Å²) in [6.45, 7) is 2.02. The molecule has 3 aromatic rings. The average Bonchev–Trinajstić information content (AvgIpc) is 2.90. The molecule has 0 radical (unpaired) electrons. The number of nitrogens with two attached hydrogens (primary N) is 1. The molecule has 4 rings (SSSR count). The van der Waals surface area contributed by atoms with Gasteiger partial charge in [0.15, 0.2) is 0 Å². The Morgan fingerprint density at radius 1 is 1.14 bits per heavy atom. The minimum atomic E-state index is -1.04. The van der Waals surface area contributed by atoms with Gasteiger partial charge in [-0.3, -0.25) is 19.4 Å². The molecule has 1 aromatic carbocycles. The van der Waals surface area contributed by atoms with Crippen LogP contribution in [0.1, 0.15) is 36.9 Å². The molecule has 0 aliphatic carbocycles. The van der Waals surface area contributed by atoms with Crippen molar-refractivity contribution in [3.63, 3.8) is 0 Å². The van der Waals surface area contributed by atoms with E-state index in [1.165, 1.54) is 24.6 Å². The molecule has 0 spiro atoms. The highest BCUT2D eigenvalue weighted by Crippen LogP contribution is 2.33. The van der Waals surface area contributed by atoms with Crippen LogP contribution in [-0.2, 0) is 16.0 Å². The number of carbonyl (C=O) groups is 3. The summed E-state index contributed by atoms with van der Waals surface area (Å²) in [5, 5.41) is 2.95. The molecule has 186 valence electrons. The molecule has 3 atom stereocenters. The van der Waals surface area contributed by atoms with Crippen LogP contribution < -0.4 is 16.0 Å². The van der Waals surface area contributed by atoms with E-state index in [0.29, 0.717) is 12.2 Å². The predicted molar refractivity (Wildman–Crippen MR) is 132 cm³/mol. The Labute approximate surface area is 208 Å². The lowest BCUT2D eigenvalue weighted by atomic mass is 9.81. The minimum absolute atomic E-state index is 0.120. The molecule has 1 aliphatic heterocycles. The van der Waals surface area contributed by atoms with E-state index in [4.69, 9.17) is 5.73 Å². The Hall–Kier alpha value is -4.41. The summed E-state index contributed by atoms with van der Waals surface area (Å²) in [6.07, 6.45) is 5.82. The van der Waals surface area contributed by atoms with Crippen LogP contribution in [-0.4, -0.2) is 55.8 Å². The Kier molecular flexibility index (Phi) is 7.47. The number of amides is 4. The van der Waals surface area contributed by atoms with Gasteiger partial charge in [0, 0.05) is 13.2 Å². The van der Waals surface area contributed by atoms with Crippen LogP contribution >= 0.6 is 0 Å². The molecular formula is C25H28N8O3. The minimum Gasteiger partial charge on any atom is -0.384 e. The summed E-state index contributed by atoms with van der Waals surface area (Å²) in [7, 11) is 1.50. The molecule has 3 heterocycles. The van der Waals surface area contributed by atoms with Gasteiger partial charge in [0.2, 0.25) is 11.9 Å². The van der Waals surface area contributed by atoms with Crippen LogP contribution in [0.5, 0.6) is 0 Å². The monoisotopic (exact) mass is 488 g/mol. The number of urea groups is 1. The molecular weight excluding hydrogens is 460 g/mol. The van der Waals surface area contributed by atoms with E-state index in [1.54, 1.807) is 18.3 Å². The molecule has 36 heavy (non-hydrogen) atoms. The Balaban J connectivity index is 1.60. The number of hydrogen-bond acceptors (Lipinski definition) is 8. The number of benzene rings is 1. The van der Waals surface area contributed by atoms with Gasteiger partial charge in [-0.2, -0.15) is 0 Å². The highest BCUT2D eigenvalue weighted by atomic mass is 16.2. The number of nitrogens with zero attached hydrogens (tertiary/aromatic N) is 6. The van der Waals surface area contributed by atoms with Crippen LogP contribution in [0.2, 0.25) is 0 Å². The first-order valence-electron chi connectivity index (χ1n) is 11.7. The number of nitrogen functional groups attached to an aromatic ring is 1. The lowest BCUT2D eigenvalue weighted by Crippen LogP contribution is -2.70. The number of nitrogens with one attached hydrogen (secondary N) is 1. The quantitative estimate of drug-likeness (QED) is 0.458. The van der Waals surface area contributed by atoms with Gasteiger partial charge in [-0.1, -0.05) is 43.7 Å². The van der Waals surface area contributed by atoms with Gasteiger partial charge in [0.25, 0.3) is 5.91 Å². The van der Waals surface area contributed by atoms with E-state index in [0.717, 1.165) is 22.4 Å². The third kappa shape index (κ3) is 5.14. The Bertz CT molecular complexity index is 1220. The van der Waals surface area contributed by atoms with Crippen molar-refractivity contribution in [1.29, 1.82) is 0 Å². The van der Waals surface area contributed by atoms with Gasteiger partial charge in [-0.25, -0.2) is 24.7 Å². The molecule has 4 amide bonds. The topological polar surface area (TPSA) is 147 Å². The van der Waals surface area contributed by atoms with Gasteiger partial charge in [-0.15, -0.1) is 0 Å². The van der Waals surface area contributed by atoms with Crippen LogP contribution in [0.25, 0.3) is 0 Å². The standard InChI is InChI=1S/C25H28N8O3/c1-3-7-19(17-8-5-4-6-9-17)31-25(36)33-21(23(35)32(2)24-29-14-27-15-30-24)18(22(33)34)12-16-10-11-28-20(26)13-16/h4-6,8-11,13-15,18-19,21H,3,7,12H2,1-2H3,(H2,26,28)(H,31,36)/t18-,19-,21+/m1/s1. The van der Waals surface area contributed by atoms with Gasteiger partial charge in [0.1, 0.15) is 24.5 Å². The van der Waals surface area contributed by atoms with Crippen molar-refractivity contribution in [2.45, 2.75) is 38.3 Å². The number of pyridine rings is 1. The van der Waals surface area contributed by atoms with Crippen LogP contribution in [0, 0.1) is 5.92 Å². The van der Waals surface area contributed by atoms with Gasteiger partial charge in [-0.05, 0) is 36.1 Å². The summed E-state index contributed by atoms with van der Waals surface area (Å²) < 4.78 is 0. The zero-order chi connectivity index (χ0) is 25.7. The Morgan fingerprint density at radius 3 is 2.53 bits per heavy atom. The second-order valence-electron chi connectivity index (χ2n) is 8.59. The normalized spacial score (nSPS) is 17.7. The highest BCUT2D eigenvalue weighted by Gasteiger charge is 2.55. The third-order valence-electron chi connectivity index (χ3n) is 6.17. The molecule has 1 fully saturated rings. The third-order valence-corrected chi connectivity index (χ3v) is 6.17. The SMILES string of the molecule is CCC[C@@H](NC(=O)N1C(=O)[C@H](Cc2ccnc(N)c2)[C@H]1C(=O)N(C)c1ncncn1)c1ccccc1. The number of likely N-dealkylation sites (tertiary alicyclic amines) is 1. The van der Waals surface area contributed by atoms with E-state index >= 15 is 0 Å². The fourth-order valence-corrected chi connectivity index (χ4v) is 4.35. The number of aromatic nitrogens is 4. The van der Waals surface area contributed by atoms with Crippen LogP contribution in [0.3, 0.4) is 0 Å². The van der Waals surface area contributed by atoms with E-state index in [2.05, 4.69) is 25.3 Å². The molecule has 0 bridgehead atoms. The smallest absolute Gasteiger partial charge is 0.325 e. The van der Waals surface area contributed by atoms with Gasteiger partial charge in [0.05, 0.1) is 12.0 Å². The van der Waals surface area contributed by atoms with E-state index < -0.39 is 29.8 Å². The molecule has 11 heteroatoms. The van der Waals surface area contributed by atoms with Gasteiger partial charge < -0.3 is 11.1 Å². The van der Waals surface area contributed by atoms with Crippen molar-refractivity contribution in [3.8, 4) is 0 Å². The van der Waals surface area contributed by atoms with Crippen molar-refractivity contribution in [1.82, 2.24) is 30.2 Å². The molecule has 1 aliphatic rings. The maximum Gasteiger partial charge on any atom is 0.325 e. The Morgan fingerprint density at radius 2 is 1.86 bits per heavy atom. The number of hydrogen-bond donors (Lipinski definition) is 2. The zero-order valence-electron chi connectivity index (χ0n) is 20.1. The average molecular weight is 489 g/mol. The summed E-state index contributed by atoms with van der Waals surface area (Å²) in [5.41, 5.74) is 7.46. The number of carbonyl (C=O) groups excluding carboxylic acids is 3. The van der Waals surface area contributed by atoms with Crippen molar-refractivity contribution >= 4 is 29.6 Å². The first-order chi connectivity index (χ1) is 17.4. The van der Waals surface area contributed by atoms with Crippen LogP contribution in [0.4, 0.5) is 16.6 Å². The highest BCUT2D eigenvalue weighted by molar-refractivity contribution is 6.12. The maximum absolute atomic E-state index is 13.5. The summed E-state index contributed by atoms with van der Waals surface area (Å²) in [4.78, 5) is 58.2. The first-order valence-corrected chi connectivity index (χ1v) is 11.7. The molecule has 2 aromatic heterocycles. The molecule has 11 nitrogen and oxygen atoms in total. The summed E-state index contributed by atoms with van der Waals surface area (Å²) in [5.74, 6) is -1.24. The lowest BCUT2D eigenvalue weighted by Gasteiger charge is -2.45. The fourth-order valence-electron chi connectivity index (χ4n) is 4.35. The lowest BCUT2D eigenvalue weighted by molar-refractivity contribution is -0.156. The van der Waals surface area contributed by atoms with Crippen molar-refractivity contribution in [2.24, 2.45) is 5.92 Å². The molecule has 3 N–H and O–H groups in total. The zero-order valence-corrected chi connectivity index (χ0v) is 20.1. The molecule has 0 saturated carbocycles. The van der Waals surface area contributed by atoms with E-state index in [-0.39, 0.29) is 18.4 Å². The second-order valence-corrected chi connectivity index (χ2v) is 8.59. The number of rotatable bonds is 8. The van der Waals surface area contributed by atoms with Crippen molar-refractivity contribution in [2.75, 3.05) is 17.7 Å². The van der Waals surface area contributed by atoms with Gasteiger partial charge >= 0.3 is 6.03 Å². The largest absolute Gasteiger partial charge is 0.384 e. The van der Waals surface area contributed by atoms with Crippen molar-refractivity contribution < 1.29 is 14.4 Å². The van der Waals surface area contributed by atoms with Crippen LogP contribution in [0.15, 0.2) is 61.3 Å². The molecule has 1 saturated heterocycles. The van der Waals surface area contributed by atoms with E-state index in [9.17, 15) is 14.4 Å². The number of imide groups is 1. The first kappa shape index (κ1) is 24.7. The molecule has 0 unspecified atom stereocenters. The maximum atomic E-state index is 13.5. The van der Waals surface area contributed by atoms with Crippen molar-refractivity contribution in [3.05, 3.63) is 72.4 Å². The summed E-state index contributed by atoms with van der Waals surface area (Å²) in [6, 6.07) is 11.0. The number of β-lactam (4-membered cyclic amide) rings is 1. The van der Waals surface area contributed by atoms with E-state index in [1.807, 2.05) is 37.3 Å². The predicted octanol–water partition coefficient (Wildman–Crippen LogP) is 2.13.